The molecule has 1 aromatic carbocycles. The fourth-order valence-corrected chi connectivity index (χ4v) is 3.66. The second-order valence-corrected chi connectivity index (χ2v) is 7.21. The molecule has 1 saturated heterocycles. The molecule has 2 rings (SSSR count). The van der Waals surface area contributed by atoms with E-state index in [1.807, 2.05) is 18.2 Å². The van der Waals surface area contributed by atoms with Crippen LogP contribution in [0.1, 0.15) is 0 Å². The van der Waals surface area contributed by atoms with E-state index in [9.17, 15) is 8.42 Å². The highest BCUT2D eigenvalue weighted by Crippen LogP contribution is 2.17. The molecule has 17 heavy (non-hydrogen) atoms. The van der Waals surface area contributed by atoms with Crippen LogP contribution in [-0.2, 0) is 10.0 Å². The number of hydrogen-bond donors (Lipinski definition) is 0. The summed E-state index contributed by atoms with van der Waals surface area (Å²) in [7, 11) is -3.10. The molecule has 1 aliphatic rings. The van der Waals surface area contributed by atoms with Crippen LogP contribution in [0.25, 0.3) is 0 Å². The molecule has 0 aromatic heterocycles. The summed E-state index contributed by atoms with van der Waals surface area (Å²) >= 11 is 3.02. The lowest BCUT2D eigenvalue weighted by Crippen LogP contribution is -2.48. The van der Waals surface area contributed by atoms with Crippen LogP contribution in [-0.4, -0.2) is 43.6 Å². The first-order valence-corrected chi connectivity index (χ1v) is 8.20. The van der Waals surface area contributed by atoms with Gasteiger partial charge in [-0.05, 0) is 12.1 Å². The van der Waals surface area contributed by atoms with Gasteiger partial charge in [0.15, 0.2) is 0 Å². The van der Waals surface area contributed by atoms with Crippen molar-refractivity contribution in [2.75, 3.05) is 35.7 Å². The Morgan fingerprint density at radius 1 is 1.06 bits per heavy atom. The van der Waals surface area contributed by atoms with Gasteiger partial charge in [-0.15, -0.1) is 0 Å². The molecule has 6 heteroatoms. The van der Waals surface area contributed by atoms with Gasteiger partial charge in [0, 0.05) is 31.9 Å². The predicted octanol–water partition coefficient (Wildman–Crippen LogP) is 1.49. The van der Waals surface area contributed by atoms with Gasteiger partial charge in [0.1, 0.15) is 4.66 Å². The Kier molecular flexibility index (Phi) is 4.06. The molecule has 0 saturated carbocycles. The van der Waals surface area contributed by atoms with Crippen LogP contribution in [0, 0.1) is 0 Å². The summed E-state index contributed by atoms with van der Waals surface area (Å²) in [4.78, 5) is 2.21. The summed E-state index contributed by atoms with van der Waals surface area (Å²) < 4.78 is 24.9. The third-order valence-electron chi connectivity index (χ3n) is 2.89. The first kappa shape index (κ1) is 12.9. The standard InChI is InChI=1S/C11H15BrN2O2S/c12-10-17(15,16)14-8-6-13(7-9-14)11-4-2-1-3-5-11/h1-5H,6-10H2. The number of halogens is 1. The third kappa shape index (κ3) is 3.00. The molecule has 0 N–H and O–H groups in total. The number of piperazine rings is 1. The number of nitrogens with zero attached hydrogens (tertiary/aromatic N) is 2. The Balaban J connectivity index is 2.00. The Morgan fingerprint density at radius 2 is 1.65 bits per heavy atom. The largest absolute Gasteiger partial charge is 0.369 e. The summed E-state index contributed by atoms with van der Waals surface area (Å²) in [6, 6.07) is 10.1. The molecule has 0 spiro atoms. The minimum atomic E-state index is -3.10. The van der Waals surface area contributed by atoms with Crippen LogP contribution in [0.2, 0.25) is 0 Å². The van der Waals surface area contributed by atoms with Crippen LogP contribution < -0.4 is 4.90 Å². The topological polar surface area (TPSA) is 40.6 Å². The average molecular weight is 319 g/mol. The number of para-hydroxylation sites is 1. The van der Waals surface area contributed by atoms with Gasteiger partial charge in [-0.2, -0.15) is 4.31 Å². The van der Waals surface area contributed by atoms with Crippen molar-refractivity contribution in [3.8, 4) is 0 Å². The minimum Gasteiger partial charge on any atom is -0.369 e. The molecule has 1 aromatic rings. The molecular formula is C11H15BrN2O2S. The van der Waals surface area contributed by atoms with E-state index in [1.165, 1.54) is 0 Å². The average Bonchev–Trinajstić information content (AvgIpc) is 2.40. The number of sulfonamides is 1. The Morgan fingerprint density at radius 3 is 2.18 bits per heavy atom. The first-order valence-electron chi connectivity index (χ1n) is 5.47. The summed E-state index contributed by atoms with van der Waals surface area (Å²) in [6.07, 6.45) is 0. The maximum Gasteiger partial charge on any atom is 0.224 e. The highest BCUT2D eigenvalue weighted by molar-refractivity contribution is 9.10. The normalized spacial score (nSPS) is 18.3. The SMILES string of the molecule is O=S(=O)(CBr)N1CCN(c2ccccc2)CC1. The third-order valence-corrected chi connectivity index (χ3v) is 6.05. The van der Waals surface area contributed by atoms with Crippen molar-refractivity contribution >= 4 is 31.6 Å². The summed E-state index contributed by atoms with van der Waals surface area (Å²) in [5.74, 6) is 0. The van der Waals surface area contributed by atoms with Gasteiger partial charge >= 0.3 is 0 Å². The van der Waals surface area contributed by atoms with Gasteiger partial charge < -0.3 is 4.90 Å². The summed E-state index contributed by atoms with van der Waals surface area (Å²) in [6.45, 7) is 2.61. The second-order valence-electron chi connectivity index (χ2n) is 3.94. The van der Waals surface area contributed by atoms with Crippen molar-refractivity contribution < 1.29 is 8.42 Å². The smallest absolute Gasteiger partial charge is 0.224 e. The molecule has 1 fully saturated rings. The van der Waals surface area contributed by atoms with Crippen LogP contribution in [0.5, 0.6) is 0 Å². The molecule has 0 atom stereocenters. The zero-order chi connectivity index (χ0) is 12.3. The maximum absolute atomic E-state index is 11.7. The minimum absolute atomic E-state index is 0.00529. The van der Waals surface area contributed by atoms with E-state index in [1.54, 1.807) is 4.31 Å². The van der Waals surface area contributed by atoms with E-state index in [0.29, 0.717) is 13.1 Å². The van der Waals surface area contributed by atoms with Crippen molar-refractivity contribution in [3.05, 3.63) is 30.3 Å². The van der Waals surface area contributed by atoms with E-state index in [4.69, 9.17) is 0 Å². The molecule has 0 bridgehead atoms. The van der Waals surface area contributed by atoms with Crippen molar-refractivity contribution in [3.63, 3.8) is 0 Å². The van der Waals surface area contributed by atoms with Crippen LogP contribution in [0.4, 0.5) is 5.69 Å². The van der Waals surface area contributed by atoms with E-state index < -0.39 is 10.0 Å². The first-order chi connectivity index (χ1) is 8.13. The fraction of sp³-hybridized carbons (Fsp3) is 0.455. The zero-order valence-corrected chi connectivity index (χ0v) is 11.8. The Bertz CT molecular complexity index is 456. The van der Waals surface area contributed by atoms with Crippen molar-refractivity contribution in [2.24, 2.45) is 0 Å². The lowest BCUT2D eigenvalue weighted by molar-refractivity contribution is 0.387. The van der Waals surface area contributed by atoms with Crippen LogP contribution in [0.3, 0.4) is 0 Å². The number of rotatable bonds is 3. The fourth-order valence-electron chi connectivity index (χ4n) is 1.93. The van der Waals surface area contributed by atoms with E-state index in [-0.39, 0.29) is 4.66 Å². The molecule has 1 heterocycles. The maximum atomic E-state index is 11.7. The van der Waals surface area contributed by atoms with Gasteiger partial charge in [-0.3, -0.25) is 0 Å². The van der Waals surface area contributed by atoms with E-state index >= 15 is 0 Å². The number of benzene rings is 1. The summed E-state index contributed by atoms with van der Waals surface area (Å²) in [5.41, 5.74) is 1.16. The molecule has 0 unspecified atom stereocenters. The molecule has 4 nitrogen and oxygen atoms in total. The molecule has 0 amide bonds. The molecule has 94 valence electrons. The van der Waals surface area contributed by atoms with E-state index in [2.05, 4.69) is 33.0 Å². The predicted molar refractivity (Wildman–Crippen MR) is 72.9 cm³/mol. The number of hydrogen-bond acceptors (Lipinski definition) is 3. The molecular weight excluding hydrogens is 304 g/mol. The quantitative estimate of drug-likeness (QED) is 0.793. The number of alkyl halides is 1. The lowest BCUT2D eigenvalue weighted by atomic mass is 10.2. The van der Waals surface area contributed by atoms with E-state index in [0.717, 1.165) is 18.8 Å². The Labute approximate surface area is 110 Å². The van der Waals surface area contributed by atoms with Gasteiger partial charge in [0.25, 0.3) is 0 Å². The van der Waals surface area contributed by atoms with Gasteiger partial charge in [-0.25, -0.2) is 8.42 Å². The van der Waals surface area contributed by atoms with Crippen molar-refractivity contribution in [2.45, 2.75) is 0 Å². The highest BCUT2D eigenvalue weighted by atomic mass is 79.9. The highest BCUT2D eigenvalue weighted by Gasteiger charge is 2.25. The lowest BCUT2D eigenvalue weighted by Gasteiger charge is -2.35. The second kappa shape index (κ2) is 5.37. The molecule has 0 aliphatic carbocycles. The number of anilines is 1. The molecule has 0 radical (unpaired) electrons. The van der Waals surface area contributed by atoms with Gasteiger partial charge in [-0.1, -0.05) is 34.1 Å². The Hall–Kier alpha value is -0.590. The van der Waals surface area contributed by atoms with Crippen LogP contribution >= 0.6 is 15.9 Å². The zero-order valence-electron chi connectivity index (χ0n) is 9.42. The monoisotopic (exact) mass is 318 g/mol. The summed E-state index contributed by atoms with van der Waals surface area (Å²) in [5, 5.41) is 0. The molecule has 1 aliphatic heterocycles. The van der Waals surface area contributed by atoms with Crippen molar-refractivity contribution in [1.29, 1.82) is 0 Å². The van der Waals surface area contributed by atoms with Gasteiger partial charge in [0.2, 0.25) is 10.0 Å². The van der Waals surface area contributed by atoms with Crippen LogP contribution in [0.15, 0.2) is 30.3 Å². The van der Waals surface area contributed by atoms with Gasteiger partial charge in [0.05, 0.1) is 0 Å². The van der Waals surface area contributed by atoms with Crippen molar-refractivity contribution in [1.82, 2.24) is 4.31 Å².